The van der Waals surface area contributed by atoms with Crippen LogP contribution in [0.5, 0.6) is 0 Å². The Hall–Kier alpha value is -3.31. The summed E-state index contributed by atoms with van der Waals surface area (Å²) in [6.45, 7) is 11.4. The molecule has 254 valence electrons. The number of aromatic nitrogens is 1. The van der Waals surface area contributed by atoms with E-state index in [2.05, 4.69) is 4.98 Å². The smallest absolute Gasteiger partial charge is 0.330 e. The summed E-state index contributed by atoms with van der Waals surface area (Å²) < 4.78 is 27.9. The Morgan fingerprint density at radius 1 is 1.22 bits per heavy atom. The van der Waals surface area contributed by atoms with Gasteiger partial charge in [-0.2, -0.15) is 0 Å². The first-order valence-electron chi connectivity index (χ1n) is 15.9. The van der Waals surface area contributed by atoms with Gasteiger partial charge in [0, 0.05) is 44.8 Å². The maximum atomic E-state index is 13.1. The molecule has 0 radical (unpaired) electrons. The Kier molecular flexibility index (Phi) is 13.7. The largest absolute Gasteiger partial charge is 0.469 e. The first-order chi connectivity index (χ1) is 21.8. The number of nitrogens with zero attached hydrogens (tertiary/aromatic N) is 1. The molecule has 10 nitrogen and oxygen atoms in total. The second-order valence-corrected chi connectivity index (χ2v) is 12.7. The number of hydrogen-bond acceptors (Lipinski definition) is 10. The van der Waals surface area contributed by atoms with Gasteiger partial charge in [0.2, 0.25) is 0 Å². The molecule has 0 aromatic carbocycles. The van der Waals surface area contributed by atoms with Gasteiger partial charge in [0.05, 0.1) is 25.4 Å². The standard InChI is InChI=1S/C36H51NO9/c1-22(17-28-21-44-26(5)37-28)11-9-12-24(3)35(43-8)25(4)30-20-31(39)36(6)32(46-36)16-15-23(2)29(38)18-27(19-34(41)42-7)13-10-14-33(40)45-30/h9-12,14-17,21,23,25,27,29-32,35,38-39H,13,18-20H2,1-8H3/b11-9+,14-10+,16-15+,22-17+,24-12+/t23-,25+,27-,29-,30+,31+,32-,35+,36+/m1/s1. The first kappa shape index (κ1) is 37.2. The van der Waals surface area contributed by atoms with Crippen LogP contribution < -0.4 is 0 Å². The Balaban J connectivity index is 1.82. The molecule has 2 aliphatic heterocycles. The summed E-state index contributed by atoms with van der Waals surface area (Å²) >= 11 is 0. The van der Waals surface area contributed by atoms with Crippen molar-refractivity contribution in [3.8, 4) is 0 Å². The number of methoxy groups -OCH3 is 2. The molecule has 3 heterocycles. The molecule has 9 atom stereocenters. The quantitative estimate of drug-likeness (QED) is 0.155. The van der Waals surface area contributed by atoms with Gasteiger partial charge in [0.25, 0.3) is 0 Å². The maximum Gasteiger partial charge on any atom is 0.330 e. The van der Waals surface area contributed by atoms with E-state index >= 15 is 0 Å². The third kappa shape index (κ3) is 10.6. The molecule has 10 heteroatoms. The van der Waals surface area contributed by atoms with Gasteiger partial charge in [0.15, 0.2) is 5.89 Å². The van der Waals surface area contributed by atoms with Crippen molar-refractivity contribution in [2.24, 2.45) is 17.8 Å². The fraction of sp³-hybridized carbons (Fsp3) is 0.583. The molecular weight excluding hydrogens is 590 g/mol. The summed E-state index contributed by atoms with van der Waals surface area (Å²) in [6.07, 6.45) is 14.0. The van der Waals surface area contributed by atoms with Crippen molar-refractivity contribution in [2.45, 2.75) is 103 Å². The van der Waals surface area contributed by atoms with Crippen LogP contribution in [0.1, 0.15) is 71.9 Å². The SMILES string of the molecule is COC(=O)C[C@@H]1C/C=C/C(=O)O[C@H]([C@H](C)[C@@H](OC)/C(C)=C/C=C/C(C)=C/c2coc(C)n2)C[C@H](O)[C@]2(C)O[C@@H]2/C=C/[C@@H](C)[C@H](O)C1. The number of allylic oxidation sites excluding steroid dienone is 5. The summed E-state index contributed by atoms with van der Waals surface area (Å²) in [5.41, 5.74) is 1.78. The second kappa shape index (κ2) is 17.0. The Bertz CT molecular complexity index is 1320. The molecule has 1 saturated heterocycles. The van der Waals surface area contributed by atoms with Gasteiger partial charge in [-0.05, 0) is 56.8 Å². The summed E-state index contributed by atoms with van der Waals surface area (Å²) in [6, 6.07) is 0. The molecule has 46 heavy (non-hydrogen) atoms. The van der Waals surface area contributed by atoms with Gasteiger partial charge in [-0.15, -0.1) is 0 Å². The number of aliphatic hydroxyl groups excluding tert-OH is 2. The van der Waals surface area contributed by atoms with E-state index in [0.717, 1.165) is 16.8 Å². The number of cyclic esters (lactones) is 1. The fourth-order valence-electron chi connectivity index (χ4n) is 5.83. The molecule has 1 aromatic rings. The molecule has 0 amide bonds. The van der Waals surface area contributed by atoms with Crippen LogP contribution in [0.15, 0.2) is 64.4 Å². The number of epoxide rings is 1. The number of hydrogen-bond donors (Lipinski definition) is 2. The zero-order valence-corrected chi connectivity index (χ0v) is 28.3. The molecule has 0 aliphatic carbocycles. The number of aliphatic hydroxyl groups is 2. The van der Waals surface area contributed by atoms with E-state index in [4.69, 9.17) is 23.4 Å². The minimum Gasteiger partial charge on any atom is -0.469 e. The van der Waals surface area contributed by atoms with Gasteiger partial charge in [0.1, 0.15) is 29.8 Å². The van der Waals surface area contributed by atoms with Crippen LogP contribution in [-0.2, 0) is 28.5 Å². The molecule has 1 aromatic heterocycles. The van der Waals surface area contributed by atoms with E-state index in [-0.39, 0.29) is 42.7 Å². The number of ether oxygens (including phenoxy) is 4. The first-order valence-corrected chi connectivity index (χ1v) is 15.9. The maximum absolute atomic E-state index is 13.1. The monoisotopic (exact) mass is 641 g/mol. The Morgan fingerprint density at radius 2 is 1.96 bits per heavy atom. The number of carbonyl (C=O) groups excluding carboxylic acids is 2. The van der Waals surface area contributed by atoms with Crippen molar-refractivity contribution in [2.75, 3.05) is 14.2 Å². The van der Waals surface area contributed by atoms with Gasteiger partial charge in [-0.1, -0.05) is 50.3 Å². The number of carbonyl (C=O) groups is 2. The summed E-state index contributed by atoms with van der Waals surface area (Å²) in [4.78, 5) is 29.4. The lowest BCUT2D eigenvalue weighted by atomic mass is 9.85. The number of rotatable bonds is 9. The second-order valence-electron chi connectivity index (χ2n) is 12.7. The minimum absolute atomic E-state index is 0.115. The minimum atomic E-state index is -0.932. The lowest BCUT2D eigenvalue weighted by Gasteiger charge is -2.32. The molecular formula is C36H51NO9. The zero-order valence-electron chi connectivity index (χ0n) is 28.3. The van der Waals surface area contributed by atoms with Crippen molar-refractivity contribution in [1.29, 1.82) is 0 Å². The van der Waals surface area contributed by atoms with Crippen molar-refractivity contribution in [3.05, 3.63) is 71.5 Å². The molecule has 2 N–H and O–H groups in total. The number of aryl methyl sites for hydroxylation is 1. The average Bonchev–Trinajstić information content (AvgIpc) is 3.51. The average molecular weight is 642 g/mol. The lowest BCUT2D eigenvalue weighted by Crippen LogP contribution is -2.41. The molecule has 0 unspecified atom stereocenters. The van der Waals surface area contributed by atoms with Gasteiger partial charge in [-0.25, -0.2) is 9.78 Å². The molecule has 2 aliphatic rings. The topological polar surface area (TPSA) is 141 Å². The lowest BCUT2D eigenvalue weighted by molar-refractivity contribution is -0.150. The van der Waals surface area contributed by atoms with E-state index in [9.17, 15) is 19.8 Å². The zero-order chi connectivity index (χ0) is 34.0. The van der Waals surface area contributed by atoms with Crippen molar-refractivity contribution in [1.82, 2.24) is 4.98 Å². The van der Waals surface area contributed by atoms with Crippen LogP contribution in [0.2, 0.25) is 0 Å². The van der Waals surface area contributed by atoms with Crippen LogP contribution in [0.4, 0.5) is 0 Å². The molecule has 0 spiro atoms. The number of oxazole rings is 1. The summed E-state index contributed by atoms with van der Waals surface area (Å²) in [5, 5.41) is 22.2. The van der Waals surface area contributed by atoms with Crippen LogP contribution in [0.25, 0.3) is 6.08 Å². The van der Waals surface area contributed by atoms with Crippen LogP contribution >= 0.6 is 0 Å². The summed E-state index contributed by atoms with van der Waals surface area (Å²) in [7, 11) is 2.94. The van der Waals surface area contributed by atoms with E-state index in [1.807, 2.05) is 71.1 Å². The predicted molar refractivity (Wildman–Crippen MR) is 174 cm³/mol. The van der Waals surface area contributed by atoms with Gasteiger partial charge in [-0.3, -0.25) is 4.79 Å². The highest BCUT2D eigenvalue weighted by Gasteiger charge is 2.57. The summed E-state index contributed by atoms with van der Waals surface area (Å²) in [5.74, 6) is -1.11. The van der Waals surface area contributed by atoms with Gasteiger partial charge >= 0.3 is 11.9 Å². The van der Waals surface area contributed by atoms with E-state index in [0.29, 0.717) is 18.7 Å². The van der Waals surface area contributed by atoms with E-state index in [1.165, 1.54) is 13.2 Å². The van der Waals surface area contributed by atoms with Gasteiger partial charge < -0.3 is 33.6 Å². The predicted octanol–water partition coefficient (Wildman–Crippen LogP) is 5.44. The molecule has 0 bridgehead atoms. The molecule has 3 rings (SSSR count). The molecule has 1 fully saturated rings. The highest BCUT2D eigenvalue weighted by Crippen LogP contribution is 2.43. The third-order valence-corrected chi connectivity index (χ3v) is 8.95. The van der Waals surface area contributed by atoms with E-state index < -0.39 is 36.0 Å². The van der Waals surface area contributed by atoms with Crippen LogP contribution in [0.3, 0.4) is 0 Å². The van der Waals surface area contributed by atoms with E-state index in [1.54, 1.807) is 26.4 Å². The third-order valence-electron chi connectivity index (χ3n) is 8.95. The number of esters is 2. The Labute approximate surface area is 272 Å². The highest BCUT2D eigenvalue weighted by atomic mass is 16.6. The van der Waals surface area contributed by atoms with Crippen molar-refractivity contribution < 1.29 is 43.2 Å². The molecule has 0 saturated carbocycles. The Morgan fingerprint density at radius 3 is 2.61 bits per heavy atom. The van der Waals surface area contributed by atoms with Crippen molar-refractivity contribution in [3.63, 3.8) is 0 Å². The van der Waals surface area contributed by atoms with Crippen LogP contribution in [0, 0.1) is 24.7 Å². The highest BCUT2D eigenvalue weighted by molar-refractivity contribution is 5.82. The van der Waals surface area contributed by atoms with Crippen molar-refractivity contribution >= 4 is 18.0 Å². The number of fused-ring (bicyclic) bond motifs is 1. The normalized spacial score (nSPS) is 32.7. The van der Waals surface area contributed by atoms with Crippen LogP contribution in [-0.4, -0.2) is 77.5 Å². The fourth-order valence-corrected chi connectivity index (χ4v) is 5.83.